The second kappa shape index (κ2) is 8.62. The number of thiazole rings is 1. The van der Waals surface area contributed by atoms with E-state index in [4.69, 9.17) is 17.3 Å². The predicted molar refractivity (Wildman–Crippen MR) is 104 cm³/mol. The quantitative estimate of drug-likeness (QED) is 0.817. The van der Waals surface area contributed by atoms with Gasteiger partial charge in [-0.3, -0.25) is 9.59 Å². The number of hydrogen-bond acceptors (Lipinski definition) is 5. The van der Waals surface area contributed by atoms with Crippen LogP contribution in [0.25, 0.3) is 0 Å². The van der Waals surface area contributed by atoms with Crippen LogP contribution in [0.1, 0.15) is 45.1 Å². The highest BCUT2D eigenvalue weighted by molar-refractivity contribution is 7.09. The minimum Gasteiger partial charge on any atom is -0.339 e. The van der Waals surface area contributed by atoms with Gasteiger partial charge in [-0.2, -0.15) is 0 Å². The fourth-order valence-electron chi connectivity index (χ4n) is 2.88. The Morgan fingerprint density at radius 3 is 2.73 bits per heavy atom. The average molecular weight is 393 g/mol. The first-order valence-electron chi connectivity index (χ1n) is 8.63. The first kappa shape index (κ1) is 18.8. The molecule has 1 aliphatic rings. The Hall–Kier alpha value is -1.96. The van der Waals surface area contributed by atoms with Crippen LogP contribution in [-0.4, -0.2) is 41.3 Å². The molecule has 2 amide bonds. The lowest BCUT2D eigenvalue weighted by Gasteiger charge is -2.27. The summed E-state index contributed by atoms with van der Waals surface area (Å²) in [7, 11) is 0. The van der Waals surface area contributed by atoms with Crippen LogP contribution in [0.4, 0.5) is 5.69 Å². The molecule has 6 nitrogen and oxygen atoms in total. The zero-order valence-corrected chi connectivity index (χ0v) is 15.9. The Bertz CT molecular complexity index is 802. The summed E-state index contributed by atoms with van der Waals surface area (Å²) in [4.78, 5) is 31.0. The number of anilines is 1. The van der Waals surface area contributed by atoms with E-state index in [1.165, 1.54) is 11.3 Å². The molecule has 0 radical (unpaired) electrons. The van der Waals surface area contributed by atoms with Gasteiger partial charge in [-0.1, -0.05) is 11.6 Å². The summed E-state index contributed by atoms with van der Waals surface area (Å²) in [5.74, 6) is -0.366. The van der Waals surface area contributed by atoms with Crippen molar-refractivity contribution in [3.8, 4) is 0 Å². The van der Waals surface area contributed by atoms with Gasteiger partial charge in [0, 0.05) is 30.6 Å². The molecule has 1 aliphatic heterocycles. The summed E-state index contributed by atoms with van der Waals surface area (Å²) in [6, 6.07) is 4.95. The smallest absolute Gasteiger partial charge is 0.275 e. The maximum atomic E-state index is 12.6. The molecule has 0 saturated carbocycles. The Balaban J connectivity index is 1.68. The van der Waals surface area contributed by atoms with E-state index in [1.54, 1.807) is 23.6 Å². The number of carbonyl (C=O) groups is 2. The number of likely N-dealkylation sites (tertiary alicyclic amines) is 1. The zero-order chi connectivity index (χ0) is 18.5. The molecule has 138 valence electrons. The Morgan fingerprint density at radius 1 is 1.27 bits per heavy atom. The molecule has 0 spiro atoms. The molecule has 0 atom stereocenters. The number of amides is 2. The van der Waals surface area contributed by atoms with Gasteiger partial charge in [0.2, 0.25) is 0 Å². The van der Waals surface area contributed by atoms with E-state index in [9.17, 15) is 9.59 Å². The summed E-state index contributed by atoms with van der Waals surface area (Å²) >= 11 is 7.70. The number of nitrogens with two attached hydrogens (primary N) is 1. The molecule has 0 aliphatic carbocycles. The zero-order valence-electron chi connectivity index (χ0n) is 14.3. The summed E-state index contributed by atoms with van der Waals surface area (Å²) in [6.07, 6.45) is 3.86. The van der Waals surface area contributed by atoms with Gasteiger partial charge in [0.25, 0.3) is 11.8 Å². The molecule has 3 N–H and O–H groups in total. The normalized spacial score (nSPS) is 14.3. The maximum Gasteiger partial charge on any atom is 0.275 e. The second-order valence-electron chi connectivity index (χ2n) is 6.17. The number of nitrogens with one attached hydrogen (secondary N) is 1. The van der Waals surface area contributed by atoms with Gasteiger partial charge in [0.15, 0.2) is 0 Å². The standard InChI is InChI=1S/C18H21ClN4O2S/c19-14-10-12(21-17(24)15-11-26-16(22-15)6-7-20)4-5-13(14)18(25)23-8-2-1-3-9-23/h4-5,10-11H,1-3,6-9,20H2,(H,21,24). The number of rotatable bonds is 5. The van der Waals surface area contributed by atoms with Crippen LogP contribution in [0.5, 0.6) is 0 Å². The minimum atomic E-state index is -0.310. The van der Waals surface area contributed by atoms with E-state index in [-0.39, 0.29) is 11.8 Å². The highest BCUT2D eigenvalue weighted by Gasteiger charge is 2.21. The second-order valence-corrected chi connectivity index (χ2v) is 7.52. The van der Waals surface area contributed by atoms with Crippen LogP contribution < -0.4 is 11.1 Å². The molecule has 0 bridgehead atoms. The molecule has 1 aromatic heterocycles. The van der Waals surface area contributed by atoms with Gasteiger partial charge in [-0.25, -0.2) is 4.98 Å². The number of hydrogen-bond donors (Lipinski definition) is 2. The predicted octanol–water partition coefficient (Wildman–Crippen LogP) is 3.18. The summed E-state index contributed by atoms with van der Waals surface area (Å²) in [6.45, 7) is 2.03. The molecule has 1 aromatic carbocycles. The molecule has 2 heterocycles. The number of piperidine rings is 1. The number of benzene rings is 1. The molecular weight excluding hydrogens is 372 g/mol. The lowest BCUT2D eigenvalue weighted by Crippen LogP contribution is -2.35. The molecule has 26 heavy (non-hydrogen) atoms. The van der Waals surface area contributed by atoms with Crippen molar-refractivity contribution in [2.24, 2.45) is 5.73 Å². The van der Waals surface area contributed by atoms with E-state index < -0.39 is 0 Å². The third-order valence-corrected chi connectivity index (χ3v) is 5.46. The highest BCUT2D eigenvalue weighted by Crippen LogP contribution is 2.24. The largest absolute Gasteiger partial charge is 0.339 e. The van der Waals surface area contributed by atoms with Crippen LogP contribution in [-0.2, 0) is 6.42 Å². The van der Waals surface area contributed by atoms with Crippen LogP contribution in [0.3, 0.4) is 0 Å². The molecule has 8 heteroatoms. The van der Waals surface area contributed by atoms with Crippen LogP contribution in [0.2, 0.25) is 5.02 Å². The summed E-state index contributed by atoms with van der Waals surface area (Å²) < 4.78 is 0. The van der Waals surface area contributed by atoms with Gasteiger partial charge in [-0.05, 0) is 44.0 Å². The first-order chi connectivity index (χ1) is 12.6. The molecule has 2 aromatic rings. The Kier molecular flexibility index (Phi) is 6.24. The van der Waals surface area contributed by atoms with E-state index in [0.29, 0.717) is 34.9 Å². The Morgan fingerprint density at radius 2 is 2.04 bits per heavy atom. The van der Waals surface area contributed by atoms with Crippen molar-refractivity contribution in [3.05, 3.63) is 44.9 Å². The van der Waals surface area contributed by atoms with E-state index >= 15 is 0 Å². The lowest BCUT2D eigenvalue weighted by atomic mass is 10.1. The fourth-order valence-corrected chi connectivity index (χ4v) is 3.94. The van der Waals surface area contributed by atoms with E-state index in [2.05, 4.69) is 10.3 Å². The number of carbonyl (C=O) groups excluding carboxylic acids is 2. The molecule has 1 saturated heterocycles. The first-order valence-corrected chi connectivity index (χ1v) is 9.89. The molecule has 3 rings (SSSR count). The van der Waals surface area contributed by atoms with Gasteiger partial charge in [-0.15, -0.1) is 11.3 Å². The van der Waals surface area contributed by atoms with Crippen LogP contribution in [0, 0.1) is 0 Å². The van der Waals surface area contributed by atoms with E-state index in [1.807, 2.05) is 4.90 Å². The molecular formula is C18H21ClN4O2S. The van der Waals surface area contributed by atoms with Crippen molar-refractivity contribution in [2.45, 2.75) is 25.7 Å². The summed E-state index contributed by atoms with van der Waals surface area (Å²) in [5.41, 5.74) is 6.84. The van der Waals surface area contributed by atoms with Crippen molar-refractivity contribution >= 4 is 40.4 Å². The lowest BCUT2D eigenvalue weighted by molar-refractivity contribution is 0.0724. The van der Waals surface area contributed by atoms with Crippen LogP contribution in [0.15, 0.2) is 23.6 Å². The van der Waals surface area contributed by atoms with Crippen molar-refractivity contribution in [2.75, 3.05) is 25.0 Å². The SMILES string of the molecule is NCCc1nc(C(=O)Nc2ccc(C(=O)N3CCCCC3)c(Cl)c2)cs1. The molecule has 0 unspecified atom stereocenters. The number of halogens is 1. The maximum absolute atomic E-state index is 12.6. The minimum absolute atomic E-state index is 0.0569. The van der Waals surface area contributed by atoms with E-state index in [0.717, 1.165) is 37.4 Å². The van der Waals surface area contributed by atoms with Crippen LogP contribution >= 0.6 is 22.9 Å². The highest BCUT2D eigenvalue weighted by atomic mass is 35.5. The van der Waals surface area contributed by atoms with Gasteiger partial charge >= 0.3 is 0 Å². The summed E-state index contributed by atoms with van der Waals surface area (Å²) in [5, 5.41) is 5.63. The van der Waals surface area contributed by atoms with Crippen molar-refractivity contribution in [3.63, 3.8) is 0 Å². The van der Waals surface area contributed by atoms with Gasteiger partial charge < -0.3 is 16.0 Å². The number of nitrogens with zero attached hydrogens (tertiary/aromatic N) is 2. The van der Waals surface area contributed by atoms with Gasteiger partial charge in [0.05, 0.1) is 15.6 Å². The topological polar surface area (TPSA) is 88.3 Å². The average Bonchev–Trinajstić information content (AvgIpc) is 3.11. The monoisotopic (exact) mass is 392 g/mol. The third kappa shape index (κ3) is 4.41. The van der Waals surface area contributed by atoms with Crippen molar-refractivity contribution < 1.29 is 9.59 Å². The molecule has 1 fully saturated rings. The fraction of sp³-hybridized carbons (Fsp3) is 0.389. The van der Waals surface area contributed by atoms with Crippen molar-refractivity contribution in [1.29, 1.82) is 0 Å². The third-order valence-electron chi connectivity index (χ3n) is 4.24. The Labute approximate surface area is 161 Å². The van der Waals surface area contributed by atoms with Crippen molar-refractivity contribution in [1.82, 2.24) is 9.88 Å². The van der Waals surface area contributed by atoms with Gasteiger partial charge in [0.1, 0.15) is 5.69 Å². The number of aromatic nitrogens is 1.